The summed E-state index contributed by atoms with van der Waals surface area (Å²) >= 11 is 0. The summed E-state index contributed by atoms with van der Waals surface area (Å²) in [7, 11) is 0. The van der Waals surface area contributed by atoms with Crippen molar-refractivity contribution in [2.45, 2.75) is 37.2 Å². The standard InChI is InChI=1S/C15H21F2NO2/c16-12-6-11(7-13(17)8-12)15(9-18,10-19)4-3-14-2-1-5-20-14/h6-8,14,19H,1-5,9-10,18H2. The second kappa shape index (κ2) is 6.61. The molecule has 1 aliphatic heterocycles. The van der Waals surface area contributed by atoms with E-state index >= 15 is 0 Å². The van der Waals surface area contributed by atoms with E-state index in [1.165, 1.54) is 12.1 Å². The van der Waals surface area contributed by atoms with E-state index in [-0.39, 0.29) is 19.3 Å². The van der Waals surface area contributed by atoms with Crippen molar-refractivity contribution in [1.29, 1.82) is 0 Å². The molecule has 0 radical (unpaired) electrons. The van der Waals surface area contributed by atoms with Crippen LogP contribution in [0.1, 0.15) is 31.2 Å². The van der Waals surface area contributed by atoms with E-state index in [4.69, 9.17) is 10.5 Å². The van der Waals surface area contributed by atoms with Gasteiger partial charge in [-0.3, -0.25) is 0 Å². The Bertz CT molecular complexity index is 423. The van der Waals surface area contributed by atoms with Gasteiger partial charge in [-0.05, 0) is 43.4 Å². The molecule has 3 N–H and O–H groups in total. The molecule has 0 spiro atoms. The Morgan fingerprint density at radius 2 is 2.00 bits per heavy atom. The van der Waals surface area contributed by atoms with Gasteiger partial charge in [-0.25, -0.2) is 8.78 Å². The molecule has 5 heteroatoms. The zero-order chi connectivity index (χ0) is 14.6. The number of hydrogen-bond acceptors (Lipinski definition) is 3. The summed E-state index contributed by atoms with van der Waals surface area (Å²) in [4.78, 5) is 0. The molecule has 2 unspecified atom stereocenters. The maximum absolute atomic E-state index is 13.4. The Morgan fingerprint density at radius 1 is 1.30 bits per heavy atom. The first-order valence-electron chi connectivity index (χ1n) is 6.99. The summed E-state index contributed by atoms with van der Waals surface area (Å²) in [6, 6.07) is 3.32. The lowest BCUT2D eigenvalue weighted by atomic mass is 9.76. The van der Waals surface area contributed by atoms with Crippen LogP contribution >= 0.6 is 0 Å². The average Bonchev–Trinajstić information content (AvgIpc) is 2.93. The molecule has 2 rings (SSSR count). The van der Waals surface area contributed by atoms with Crippen molar-refractivity contribution in [3.63, 3.8) is 0 Å². The predicted molar refractivity (Wildman–Crippen MR) is 72.4 cm³/mol. The van der Waals surface area contributed by atoms with E-state index in [0.717, 1.165) is 31.9 Å². The molecule has 0 aromatic heterocycles. The van der Waals surface area contributed by atoms with Crippen molar-refractivity contribution < 1.29 is 18.6 Å². The zero-order valence-electron chi connectivity index (χ0n) is 11.4. The molecule has 20 heavy (non-hydrogen) atoms. The Hall–Kier alpha value is -1.04. The Kier molecular flexibility index (Phi) is 5.07. The molecule has 1 heterocycles. The fourth-order valence-electron chi connectivity index (χ4n) is 2.77. The third-order valence-corrected chi connectivity index (χ3v) is 4.14. The van der Waals surface area contributed by atoms with Crippen molar-refractivity contribution in [2.24, 2.45) is 5.73 Å². The maximum Gasteiger partial charge on any atom is 0.126 e. The molecule has 0 bridgehead atoms. The summed E-state index contributed by atoms with van der Waals surface area (Å²) in [5.74, 6) is -1.30. The number of benzene rings is 1. The van der Waals surface area contributed by atoms with Crippen molar-refractivity contribution in [2.75, 3.05) is 19.8 Å². The number of rotatable bonds is 6. The predicted octanol–water partition coefficient (Wildman–Crippen LogP) is 2.11. The van der Waals surface area contributed by atoms with Gasteiger partial charge in [0.15, 0.2) is 0 Å². The number of aliphatic hydroxyl groups is 1. The van der Waals surface area contributed by atoms with Gasteiger partial charge in [0.25, 0.3) is 0 Å². The van der Waals surface area contributed by atoms with E-state index in [0.29, 0.717) is 12.0 Å². The van der Waals surface area contributed by atoms with Gasteiger partial charge in [0.1, 0.15) is 11.6 Å². The number of halogens is 2. The van der Waals surface area contributed by atoms with E-state index in [9.17, 15) is 13.9 Å². The Balaban J connectivity index is 2.18. The topological polar surface area (TPSA) is 55.5 Å². The fourth-order valence-corrected chi connectivity index (χ4v) is 2.77. The molecule has 112 valence electrons. The first-order chi connectivity index (χ1) is 9.59. The third kappa shape index (κ3) is 3.34. The highest BCUT2D eigenvalue weighted by Gasteiger charge is 2.32. The summed E-state index contributed by atoms with van der Waals surface area (Å²) in [5, 5.41) is 9.72. The molecule has 3 nitrogen and oxygen atoms in total. The van der Waals surface area contributed by atoms with Crippen LogP contribution in [0.4, 0.5) is 8.78 Å². The first kappa shape index (κ1) is 15.4. The minimum absolute atomic E-state index is 0.138. The molecular weight excluding hydrogens is 264 g/mol. The van der Waals surface area contributed by atoms with E-state index < -0.39 is 17.0 Å². The number of hydrogen-bond donors (Lipinski definition) is 2. The molecule has 2 atom stereocenters. The molecule has 0 amide bonds. The molecular formula is C15H21F2NO2. The molecule has 1 saturated heterocycles. The smallest absolute Gasteiger partial charge is 0.126 e. The van der Waals surface area contributed by atoms with Gasteiger partial charge in [-0.15, -0.1) is 0 Å². The van der Waals surface area contributed by atoms with Crippen molar-refractivity contribution >= 4 is 0 Å². The second-order valence-electron chi connectivity index (χ2n) is 5.47. The van der Waals surface area contributed by atoms with Gasteiger partial charge in [0.2, 0.25) is 0 Å². The minimum atomic E-state index is -0.811. The monoisotopic (exact) mass is 285 g/mol. The second-order valence-corrected chi connectivity index (χ2v) is 5.47. The lowest BCUT2D eigenvalue weighted by Crippen LogP contribution is -2.39. The van der Waals surface area contributed by atoms with Gasteiger partial charge >= 0.3 is 0 Å². The first-order valence-corrected chi connectivity index (χ1v) is 6.99. The van der Waals surface area contributed by atoms with Crippen LogP contribution in [0, 0.1) is 11.6 Å². The third-order valence-electron chi connectivity index (χ3n) is 4.14. The average molecular weight is 285 g/mol. The Labute approximate surface area is 117 Å². The van der Waals surface area contributed by atoms with Crippen LogP contribution in [0.5, 0.6) is 0 Å². The quantitative estimate of drug-likeness (QED) is 0.841. The van der Waals surface area contributed by atoms with E-state index in [1.54, 1.807) is 0 Å². The lowest BCUT2D eigenvalue weighted by Gasteiger charge is -2.32. The fraction of sp³-hybridized carbons (Fsp3) is 0.600. The molecule has 1 aromatic carbocycles. The number of nitrogens with two attached hydrogens (primary N) is 1. The van der Waals surface area contributed by atoms with E-state index in [1.807, 2.05) is 0 Å². The maximum atomic E-state index is 13.4. The van der Waals surface area contributed by atoms with Crippen LogP contribution in [0.15, 0.2) is 18.2 Å². The highest BCUT2D eigenvalue weighted by Crippen LogP contribution is 2.32. The summed E-state index contributed by atoms with van der Waals surface area (Å²) in [6.07, 6.45) is 3.46. The summed E-state index contributed by atoms with van der Waals surface area (Å²) < 4.78 is 32.3. The van der Waals surface area contributed by atoms with Crippen molar-refractivity contribution in [3.05, 3.63) is 35.4 Å². The number of aliphatic hydroxyl groups excluding tert-OH is 1. The van der Waals surface area contributed by atoms with Gasteiger partial charge < -0.3 is 15.6 Å². The van der Waals surface area contributed by atoms with Crippen LogP contribution in [0.2, 0.25) is 0 Å². The molecule has 1 aromatic rings. The van der Waals surface area contributed by atoms with Crippen LogP contribution in [0.25, 0.3) is 0 Å². The molecule has 0 aliphatic carbocycles. The van der Waals surface area contributed by atoms with Crippen LogP contribution in [-0.4, -0.2) is 31.0 Å². The summed E-state index contributed by atoms with van der Waals surface area (Å²) in [6.45, 7) is 0.659. The molecule has 1 fully saturated rings. The lowest BCUT2D eigenvalue weighted by molar-refractivity contribution is 0.0882. The minimum Gasteiger partial charge on any atom is -0.395 e. The number of ether oxygens (including phenoxy) is 1. The van der Waals surface area contributed by atoms with Gasteiger partial charge in [-0.2, -0.15) is 0 Å². The van der Waals surface area contributed by atoms with E-state index in [2.05, 4.69) is 0 Å². The van der Waals surface area contributed by atoms with Gasteiger partial charge in [0, 0.05) is 24.6 Å². The zero-order valence-corrected chi connectivity index (χ0v) is 11.4. The molecule has 1 aliphatic rings. The van der Waals surface area contributed by atoms with Crippen LogP contribution in [-0.2, 0) is 10.2 Å². The molecule has 0 saturated carbocycles. The largest absolute Gasteiger partial charge is 0.395 e. The van der Waals surface area contributed by atoms with Crippen LogP contribution < -0.4 is 5.73 Å². The SMILES string of the molecule is NCC(CO)(CCC1CCCO1)c1cc(F)cc(F)c1. The highest BCUT2D eigenvalue weighted by atomic mass is 19.1. The Morgan fingerprint density at radius 3 is 2.50 bits per heavy atom. The van der Waals surface area contributed by atoms with Gasteiger partial charge in [0.05, 0.1) is 12.7 Å². The van der Waals surface area contributed by atoms with Gasteiger partial charge in [-0.1, -0.05) is 0 Å². The van der Waals surface area contributed by atoms with Crippen LogP contribution in [0.3, 0.4) is 0 Å². The normalized spacial score (nSPS) is 21.9. The summed E-state index contributed by atoms with van der Waals surface area (Å²) in [5.41, 5.74) is 5.39. The van der Waals surface area contributed by atoms with Crippen molar-refractivity contribution in [3.8, 4) is 0 Å². The highest BCUT2D eigenvalue weighted by molar-refractivity contribution is 5.28. The van der Waals surface area contributed by atoms with Crippen molar-refractivity contribution in [1.82, 2.24) is 0 Å².